The minimum absolute atomic E-state index is 0.0204. The number of hydrogen-bond acceptors (Lipinski definition) is 4. The summed E-state index contributed by atoms with van der Waals surface area (Å²) >= 11 is 1.15. The highest BCUT2D eigenvalue weighted by atomic mass is 32.2. The summed E-state index contributed by atoms with van der Waals surface area (Å²) in [4.78, 5) is 36.0. The normalized spacial score (nSPS) is 15.4. The molecular formula is C15H12O4S. The fourth-order valence-corrected chi connectivity index (χ4v) is 2.65. The van der Waals surface area contributed by atoms with Crippen molar-refractivity contribution in [3.63, 3.8) is 0 Å². The maximum Gasteiger partial charge on any atom is 0.331 e. The van der Waals surface area contributed by atoms with Gasteiger partial charge in [-0.1, -0.05) is 24.3 Å². The predicted octanol–water partition coefficient (Wildman–Crippen LogP) is 2.71. The first-order chi connectivity index (χ1) is 9.47. The lowest BCUT2D eigenvalue weighted by molar-refractivity contribution is -0.132. The van der Waals surface area contributed by atoms with Crippen LogP contribution in [-0.2, 0) is 4.79 Å². The Hall–Kier alpha value is -2.14. The molecule has 20 heavy (non-hydrogen) atoms. The lowest BCUT2D eigenvalue weighted by Crippen LogP contribution is -2.20. The molecular weight excluding hydrogens is 276 g/mol. The third-order valence-corrected chi connectivity index (χ3v) is 3.83. The third-order valence-electron chi connectivity index (χ3n) is 3.01. The van der Waals surface area contributed by atoms with Gasteiger partial charge in [0, 0.05) is 22.3 Å². The van der Waals surface area contributed by atoms with Crippen molar-refractivity contribution < 1.29 is 19.5 Å². The average molecular weight is 288 g/mol. The van der Waals surface area contributed by atoms with E-state index >= 15 is 0 Å². The fourth-order valence-electron chi connectivity index (χ4n) is 1.98. The number of aliphatic carboxylic acids is 1. The lowest BCUT2D eigenvalue weighted by Gasteiger charge is -2.18. The quantitative estimate of drug-likeness (QED) is 0.866. The second-order valence-corrected chi connectivity index (χ2v) is 5.10. The first-order valence-corrected chi connectivity index (χ1v) is 7.08. The zero-order valence-corrected chi connectivity index (χ0v) is 11.8. The number of carbonyl (C=O) groups excluding carboxylic acids is 2. The van der Waals surface area contributed by atoms with Crippen LogP contribution in [0.4, 0.5) is 0 Å². The number of rotatable bonds is 3. The number of hydrogen-bond donors (Lipinski definition) is 1. The molecule has 1 aromatic rings. The van der Waals surface area contributed by atoms with Crippen molar-refractivity contribution in [2.75, 3.05) is 6.26 Å². The first kappa shape index (κ1) is 14.3. The van der Waals surface area contributed by atoms with Gasteiger partial charge in [-0.25, -0.2) is 4.79 Å². The third kappa shape index (κ3) is 2.32. The molecule has 0 fully saturated rings. The Balaban J connectivity index is 2.66. The molecule has 102 valence electrons. The van der Waals surface area contributed by atoms with Gasteiger partial charge < -0.3 is 5.11 Å². The van der Waals surface area contributed by atoms with Crippen molar-refractivity contribution in [1.82, 2.24) is 0 Å². The molecule has 0 radical (unpaired) electrons. The van der Waals surface area contributed by atoms with E-state index in [0.29, 0.717) is 11.1 Å². The van der Waals surface area contributed by atoms with Crippen molar-refractivity contribution in [2.45, 2.75) is 6.92 Å². The van der Waals surface area contributed by atoms with E-state index < -0.39 is 5.97 Å². The molecule has 0 bridgehead atoms. The Labute approximate surface area is 120 Å². The number of carbonyl (C=O) groups is 3. The highest BCUT2D eigenvalue weighted by molar-refractivity contribution is 8.03. The maximum absolute atomic E-state index is 12.4. The first-order valence-electron chi connectivity index (χ1n) is 5.85. The molecule has 0 aliphatic heterocycles. The van der Waals surface area contributed by atoms with Gasteiger partial charge in [-0.3, -0.25) is 9.59 Å². The number of carboxylic acids is 1. The number of carboxylic acid groups (broad SMARTS) is 1. The van der Waals surface area contributed by atoms with E-state index in [4.69, 9.17) is 5.11 Å². The summed E-state index contributed by atoms with van der Waals surface area (Å²) in [5, 5.41) is 8.93. The Bertz CT molecular complexity index is 683. The number of thioether (sulfide) groups is 1. The summed E-state index contributed by atoms with van der Waals surface area (Å²) in [6.07, 6.45) is 2.96. The number of Topliss-reactive ketones (excluding diaryl/α,β-unsaturated/α-hetero) is 2. The van der Waals surface area contributed by atoms with Crippen LogP contribution in [0.5, 0.6) is 0 Å². The van der Waals surface area contributed by atoms with Gasteiger partial charge in [0.2, 0.25) is 5.78 Å². The van der Waals surface area contributed by atoms with Gasteiger partial charge >= 0.3 is 5.97 Å². The fraction of sp³-hybridized carbons (Fsp3) is 0.133. The molecule has 0 saturated carbocycles. The molecule has 0 unspecified atom stereocenters. The monoisotopic (exact) mass is 288 g/mol. The molecule has 0 amide bonds. The Morgan fingerprint density at radius 1 is 1.15 bits per heavy atom. The molecule has 5 heteroatoms. The topological polar surface area (TPSA) is 71.4 Å². The van der Waals surface area contributed by atoms with Crippen molar-refractivity contribution >= 4 is 29.3 Å². The molecule has 1 aromatic carbocycles. The maximum atomic E-state index is 12.4. The van der Waals surface area contributed by atoms with Gasteiger partial charge in [0.05, 0.1) is 4.91 Å². The van der Waals surface area contributed by atoms with E-state index in [9.17, 15) is 14.4 Å². The average Bonchev–Trinajstić information content (AvgIpc) is 2.44. The van der Waals surface area contributed by atoms with Crippen LogP contribution in [0.15, 0.2) is 46.4 Å². The molecule has 0 atom stereocenters. The summed E-state index contributed by atoms with van der Waals surface area (Å²) in [6.45, 7) is 1.39. The Kier molecular flexibility index (Phi) is 3.90. The van der Waals surface area contributed by atoms with E-state index in [1.54, 1.807) is 30.5 Å². The highest BCUT2D eigenvalue weighted by Crippen LogP contribution is 2.32. The number of allylic oxidation sites excluding steroid dienone is 3. The molecule has 0 saturated heterocycles. The smallest absolute Gasteiger partial charge is 0.331 e. The SMILES string of the molecule is CSC1=C(C=C(C)C(=O)O)C(=O)c2ccccc2C1=O. The summed E-state index contributed by atoms with van der Waals surface area (Å²) in [6, 6.07) is 6.57. The van der Waals surface area contributed by atoms with Crippen LogP contribution in [-0.4, -0.2) is 28.9 Å². The molecule has 0 aromatic heterocycles. The lowest BCUT2D eigenvalue weighted by atomic mass is 9.88. The van der Waals surface area contributed by atoms with E-state index in [1.807, 2.05) is 0 Å². The van der Waals surface area contributed by atoms with Crippen LogP contribution >= 0.6 is 11.8 Å². The van der Waals surface area contributed by atoms with E-state index in [1.165, 1.54) is 13.0 Å². The Morgan fingerprint density at radius 3 is 2.20 bits per heavy atom. The number of fused-ring (bicyclic) bond motifs is 1. The predicted molar refractivity (Wildman–Crippen MR) is 77.0 cm³/mol. The highest BCUT2D eigenvalue weighted by Gasteiger charge is 2.30. The van der Waals surface area contributed by atoms with Crippen LogP contribution < -0.4 is 0 Å². The van der Waals surface area contributed by atoms with Crippen molar-refractivity contribution in [1.29, 1.82) is 0 Å². The van der Waals surface area contributed by atoms with E-state index in [2.05, 4.69) is 0 Å². The van der Waals surface area contributed by atoms with E-state index in [-0.39, 0.29) is 27.6 Å². The molecule has 0 spiro atoms. The zero-order valence-electron chi connectivity index (χ0n) is 11.0. The van der Waals surface area contributed by atoms with Crippen LogP contribution in [0.2, 0.25) is 0 Å². The molecule has 2 rings (SSSR count). The number of benzene rings is 1. The second-order valence-electron chi connectivity index (χ2n) is 4.28. The van der Waals surface area contributed by atoms with Gasteiger partial charge in [0.1, 0.15) is 0 Å². The van der Waals surface area contributed by atoms with E-state index in [0.717, 1.165) is 11.8 Å². The van der Waals surface area contributed by atoms with Crippen molar-refractivity contribution in [3.05, 3.63) is 57.5 Å². The molecule has 0 heterocycles. The van der Waals surface area contributed by atoms with Gasteiger partial charge in [0.25, 0.3) is 0 Å². The summed E-state index contributed by atoms with van der Waals surface area (Å²) < 4.78 is 0. The summed E-state index contributed by atoms with van der Waals surface area (Å²) in [5.41, 5.74) is 0.861. The van der Waals surface area contributed by atoms with Crippen LogP contribution in [0, 0.1) is 0 Å². The molecule has 1 aliphatic carbocycles. The van der Waals surface area contributed by atoms with Gasteiger partial charge in [-0.05, 0) is 19.3 Å². The van der Waals surface area contributed by atoms with Gasteiger partial charge in [-0.15, -0.1) is 11.8 Å². The Morgan fingerprint density at radius 2 is 1.70 bits per heavy atom. The minimum Gasteiger partial charge on any atom is -0.478 e. The largest absolute Gasteiger partial charge is 0.478 e. The van der Waals surface area contributed by atoms with Crippen LogP contribution in [0.3, 0.4) is 0 Å². The van der Waals surface area contributed by atoms with Gasteiger partial charge in [-0.2, -0.15) is 0 Å². The van der Waals surface area contributed by atoms with Crippen LogP contribution in [0.25, 0.3) is 0 Å². The minimum atomic E-state index is -1.11. The number of ketones is 2. The summed E-state index contributed by atoms with van der Waals surface area (Å²) in [5.74, 6) is -1.67. The molecule has 4 nitrogen and oxygen atoms in total. The van der Waals surface area contributed by atoms with Crippen LogP contribution in [0.1, 0.15) is 27.6 Å². The zero-order chi connectivity index (χ0) is 14.9. The summed E-state index contributed by atoms with van der Waals surface area (Å²) in [7, 11) is 0. The standard InChI is InChI=1S/C15H12O4S/c1-8(15(18)19)7-11-12(16)9-5-3-4-6-10(9)13(17)14(11)20-2/h3-7H,1-2H3,(H,18,19). The van der Waals surface area contributed by atoms with Crippen molar-refractivity contribution in [2.24, 2.45) is 0 Å². The van der Waals surface area contributed by atoms with Crippen molar-refractivity contribution in [3.8, 4) is 0 Å². The second kappa shape index (κ2) is 5.46. The molecule has 1 N–H and O–H groups in total. The van der Waals surface area contributed by atoms with Gasteiger partial charge in [0.15, 0.2) is 5.78 Å². The molecule has 1 aliphatic rings.